The van der Waals surface area contributed by atoms with Gasteiger partial charge in [0.15, 0.2) is 0 Å². The second-order valence-corrected chi connectivity index (χ2v) is 9.29. The van der Waals surface area contributed by atoms with E-state index in [4.69, 9.17) is 15.2 Å². The number of imidazole rings is 1. The lowest BCUT2D eigenvalue weighted by Gasteiger charge is -2.21. The lowest BCUT2D eigenvalue weighted by molar-refractivity contribution is -0.0506. The Bertz CT molecular complexity index is 1400. The van der Waals surface area contributed by atoms with E-state index in [1.807, 2.05) is 16.7 Å². The maximum absolute atomic E-state index is 15.2. The molecule has 1 fully saturated rings. The van der Waals surface area contributed by atoms with Gasteiger partial charge in [-0.15, -0.1) is 0 Å². The molecule has 0 saturated carbocycles. The van der Waals surface area contributed by atoms with Gasteiger partial charge in [0.2, 0.25) is 0 Å². The second-order valence-electron chi connectivity index (χ2n) is 9.29. The third-order valence-electron chi connectivity index (χ3n) is 7.16. The van der Waals surface area contributed by atoms with Gasteiger partial charge in [-0.25, -0.2) is 9.37 Å². The molecule has 2 aromatic carbocycles. The molecular formula is C27H25F3N4O2. The predicted octanol–water partition coefficient (Wildman–Crippen LogP) is 5.73. The molecule has 9 heteroatoms. The SMILES string of the molecule is NC1C[C@@H](c2ccccc2OC(F)F)n2c1nc1cc(F)c(-c3ccc(C4CCOCC4)nc3)cc12. The highest BCUT2D eigenvalue weighted by Gasteiger charge is 2.35. The number of pyridine rings is 1. The summed E-state index contributed by atoms with van der Waals surface area (Å²) in [4.78, 5) is 9.21. The Morgan fingerprint density at radius 3 is 2.64 bits per heavy atom. The Labute approximate surface area is 205 Å². The first-order chi connectivity index (χ1) is 17.5. The summed E-state index contributed by atoms with van der Waals surface area (Å²) < 4.78 is 53.5. The van der Waals surface area contributed by atoms with Crippen LogP contribution in [0.4, 0.5) is 13.2 Å². The lowest BCUT2D eigenvalue weighted by Crippen LogP contribution is -2.14. The van der Waals surface area contributed by atoms with Crippen LogP contribution in [-0.2, 0) is 4.74 Å². The largest absolute Gasteiger partial charge is 0.434 e. The van der Waals surface area contributed by atoms with Crippen molar-refractivity contribution in [2.45, 2.75) is 43.9 Å². The summed E-state index contributed by atoms with van der Waals surface area (Å²) in [5, 5.41) is 0. The fourth-order valence-corrected chi connectivity index (χ4v) is 5.42. The molecule has 2 atom stereocenters. The Morgan fingerprint density at radius 2 is 1.89 bits per heavy atom. The van der Waals surface area contributed by atoms with Crippen LogP contribution in [0.15, 0.2) is 54.7 Å². The van der Waals surface area contributed by atoms with Crippen LogP contribution in [0.1, 0.15) is 54.3 Å². The normalized spacial score (nSPS) is 20.2. The Morgan fingerprint density at radius 1 is 1.08 bits per heavy atom. The highest BCUT2D eigenvalue weighted by molar-refractivity contribution is 5.83. The van der Waals surface area contributed by atoms with Crippen molar-refractivity contribution in [3.05, 3.63) is 77.6 Å². The molecule has 186 valence electrons. The number of benzene rings is 2. The van der Waals surface area contributed by atoms with Crippen LogP contribution in [0.2, 0.25) is 0 Å². The van der Waals surface area contributed by atoms with E-state index in [-0.39, 0.29) is 11.8 Å². The van der Waals surface area contributed by atoms with Crippen LogP contribution < -0.4 is 10.5 Å². The maximum Gasteiger partial charge on any atom is 0.387 e. The highest BCUT2D eigenvalue weighted by atomic mass is 19.3. The molecule has 1 saturated heterocycles. The van der Waals surface area contributed by atoms with Crippen molar-refractivity contribution >= 4 is 11.0 Å². The van der Waals surface area contributed by atoms with Crippen LogP contribution in [-0.4, -0.2) is 34.4 Å². The first-order valence-electron chi connectivity index (χ1n) is 12.0. The fraction of sp³-hybridized carbons (Fsp3) is 0.333. The molecule has 2 aliphatic heterocycles. The van der Waals surface area contributed by atoms with E-state index in [0.717, 1.165) is 31.7 Å². The molecule has 2 aromatic heterocycles. The van der Waals surface area contributed by atoms with Crippen molar-refractivity contribution < 1.29 is 22.6 Å². The summed E-state index contributed by atoms with van der Waals surface area (Å²) in [6, 6.07) is 12.9. The van der Waals surface area contributed by atoms with Crippen molar-refractivity contribution in [2.24, 2.45) is 5.73 Å². The molecule has 0 amide bonds. The number of nitrogens with two attached hydrogens (primary N) is 1. The molecule has 0 aliphatic carbocycles. The number of hydrogen-bond acceptors (Lipinski definition) is 5. The second kappa shape index (κ2) is 9.22. The van der Waals surface area contributed by atoms with Gasteiger partial charge in [-0.05, 0) is 37.5 Å². The number of alkyl halides is 2. The molecular weight excluding hydrogens is 469 g/mol. The van der Waals surface area contributed by atoms with Gasteiger partial charge >= 0.3 is 6.61 Å². The van der Waals surface area contributed by atoms with Gasteiger partial charge < -0.3 is 19.8 Å². The number of ether oxygens (including phenoxy) is 2. The minimum absolute atomic E-state index is 0.0923. The zero-order valence-electron chi connectivity index (χ0n) is 19.4. The monoisotopic (exact) mass is 494 g/mol. The smallest absolute Gasteiger partial charge is 0.387 e. The van der Waals surface area contributed by atoms with E-state index >= 15 is 4.39 Å². The third-order valence-corrected chi connectivity index (χ3v) is 7.16. The molecule has 6 rings (SSSR count). The van der Waals surface area contributed by atoms with Crippen molar-refractivity contribution in [3.63, 3.8) is 0 Å². The van der Waals surface area contributed by atoms with Gasteiger partial charge in [0, 0.05) is 53.8 Å². The van der Waals surface area contributed by atoms with Gasteiger partial charge in [0.05, 0.1) is 23.1 Å². The van der Waals surface area contributed by atoms with Crippen molar-refractivity contribution in [1.29, 1.82) is 0 Å². The summed E-state index contributed by atoms with van der Waals surface area (Å²) in [7, 11) is 0. The van der Waals surface area contributed by atoms with Crippen LogP contribution in [0.5, 0.6) is 5.75 Å². The molecule has 4 aromatic rings. The Balaban J connectivity index is 1.41. The number of para-hydroxylation sites is 1. The quantitative estimate of drug-likeness (QED) is 0.384. The number of fused-ring (bicyclic) bond motifs is 3. The Kier molecular flexibility index (Phi) is 5.89. The van der Waals surface area contributed by atoms with Crippen LogP contribution in [0.3, 0.4) is 0 Å². The minimum atomic E-state index is -2.95. The number of nitrogens with zero attached hydrogens (tertiary/aromatic N) is 3. The summed E-state index contributed by atoms with van der Waals surface area (Å²) >= 11 is 0. The first-order valence-corrected chi connectivity index (χ1v) is 12.0. The number of rotatable bonds is 5. The van der Waals surface area contributed by atoms with Gasteiger partial charge in [0.25, 0.3) is 0 Å². The van der Waals surface area contributed by atoms with Crippen molar-refractivity contribution in [1.82, 2.24) is 14.5 Å². The van der Waals surface area contributed by atoms with E-state index in [1.54, 1.807) is 30.5 Å². The lowest BCUT2D eigenvalue weighted by atomic mass is 9.95. The number of halogens is 3. The topological polar surface area (TPSA) is 75.2 Å². The molecule has 2 N–H and O–H groups in total. The average molecular weight is 495 g/mol. The van der Waals surface area contributed by atoms with Gasteiger partial charge in [-0.3, -0.25) is 4.98 Å². The summed E-state index contributed by atoms with van der Waals surface area (Å²) in [6.07, 6.45) is 4.02. The molecule has 0 bridgehead atoms. The highest BCUT2D eigenvalue weighted by Crippen LogP contribution is 2.44. The summed E-state index contributed by atoms with van der Waals surface area (Å²) in [5.74, 6) is 0.614. The molecule has 0 radical (unpaired) electrons. The van der Waals surface area contributed by atoms with Crippen molar-refractivity contribution in [3.8, 4) is 16.9 Å². The maximum atomic E-state index is 15.2. The van der Waals surface area contributed by atoms with Crippen molar-refractivity contribution in [2.75, 3.05) is 13.2 Å². The number of aromatic nitrogens is 3. The molecule has 0 spiro atoms. The minimum Gasteiger partial charge on any atom is -0.434 e. The molecule has 4 heterocycles. The molecule has 1 unspecified atom stereocenters. The van der Waals surface area contributed by atoms with Crippen LogP contribution in [0.25, 0.3) is 22.2 Å². The first kappa shape index (κ1) is 23.0. The van der Waals surface area contributed by atoms with Gasteiger partial charge in [-0.2, -0.15) is 8.78 Å². The molecule has 36 heavy (non-hydrogen) atoms. The van der Waals surface area contributed by atoms with E-state index in [9.17, 15) is 8.78 Å². The van der Waals surface area contributed by atoms with E-state index in [1.165, 1.54) is 12.1 Å². The Hall–Kier alpha value is -3.43. The number of hydrogen-bond donors (Lipinski definition) is 1. The summed E-state index contributed by atoms with van der Waals surface area (Å²) in [6.45, 7) is -1.50. The molecule has 2 aliphatic rings. The van der Waals surface area contributed by atoms with E-state index < -0.39 is 18.5 Å². The van der Waals surface area contributed by atoms with Gasteiger partial charge in [0.1, 0.15) is 17.4 Å². The summed E-state index contributed by atoms with van der Waals surface area (Å²) in [5.41, 5.74) is 10.1. The molecule has 6 nitrogen and oxygen atoms in total. The predicted molar refractivity (Wildman–Crippen MR) is 128 cm³/mol. The van der Waals surface area contributed by atoms with Crippen LogP contribution in [0, 0.1) is 5.82 Å². The standard InChI is InChI=1S/C27H25F3N4O2/c28-19-12-22-24(11-18(19)16-5-6-21(32-14-16)15-7-9-35-10-8-15)34-23(13-20(31)26(34)33-22)17-3-1-2-4-25(17)36-27(29)30/h1-6,11-12,14-15,20,23,27H,7-10,13,31H2/t20?,23-/m0/s1. The van der Waals surface area contributed by atoms with Crippen LogP contribution >= 0.6 is 0 Å². The fourth-order valence-electron chi connectivity index (χ4n) is 5.42. The van der Waals surface area contributed by atoms with E-state index in [2.05, 4.69) is 9.97 Å². The van der Waals surface area contributed by atoms with Gasteiger partial charge in [-0.1, -0.05) is 24.3 Å². The van der Waals surface area contributed by atoms with E-state index in [0.29, 0.717) is 45.9 Å². The average Bonchev–Trinajstić information content (AvgIpc) is 3.41. The third kappa shape index (κ3) is 4.02. The zero-order chi connectivity index (χ0) is 24.8. The zero-order valence-corrected chi connectivity index (χ0v) is 19.4.